The number of aromatic nitrogens is 4. The van der Waals surface area contributed by atoms with Crippen molar-refractivity contribution in [3.8, 4) is 0 Å². The number of nitrogens with zero attached hydrogens (tertiary/aromatic N) is 5. The summed E-state index contributed by atoms with van der Waals surface area (Å²) in [5.74, 6) is 0.723. The zero-order valence-corrected chi connectivity index (χ0v) is 14.6. The van der Waals surface area contributed by atoms with Crippen molar-refractivity contribution in [1.82, 2.24) is 25.1 Å². The summed E-state index contributed by atoms with van der Waals surface area (Å²) in [6, 6.07) is 3.54. The van der Waals surface area contributed by atoms with Crippen LogP contribution in [0.25, 0.3) is 10.2 Å². The van der Waals surface area contributed by atoms with E-state index in [4.69, 9.17) is 0 Å². The van der Waals surface area contributed by atoms with Gasteiger partial charge in [0.05, 0.1) is 11.8 Å². The Balaban J connectivity index is 1.48. The van der Waals surface area contributed by atoms with Crippen LogP contribution in [0.4, 0.5) is 19.0 Å². The first-order chi connectivity index (χ1) is 12.5. The predicted octanol–water partition coefficient (Wildman–Crippen LogP) is 2.84. The number of anilines is 1. The molecule has 0 unspecified atom stereocenters. The highest BCUT2D eigenvalue weighted by molar-refractivity contribution is 7.18. The maximum Gasteiger partial charge on any atom is 0.393 e. The molecule has 1 aliphatic heterocycles. The van der Waals surface area contributed by atoms with Gasteiger partial charge in [0.1, 0.15) is 17.0 Å². The van der Waals surface area contributed by atoms with Gasteiger partial charge in [0.2, 0.25) is 0 Å². The molecule has 1 saturated heterocycles. The van der Waals surface area contributed by atoms with Gasteiger partial charge < -0.3 is 4.90 Å². The van der Waals surface area contributed by atoms with Gasteiger partial charge in [-0.05, 0) is 12.1 Å². The number of hydrogen-bond donors (Lipinski definition) is 1. The van der Waals surface area contributed by atoms with Crippen molar-refractivity contribution in [1.29, 1.82) is 0 Å². The van der Waals surface area contributed by atoms with Crippen LogP contribution in [0.15, 0.2) is 24.7 Å². The van der Waals surface area contributed by atoms with Crippen LogP contribution in [-0.4, -0.2) is 57.4 Å². The Hall–Kier alpha value is -2.20. The summed E-state index contributed by atoms with van der Waals surface area (Å²) in [5, 5.41) is 7.62. The van der Waals surface area contributed by atoms with E-state index in [9.17, 15) is 13.2 Å². The Morgan fingerprint density at radius 2 is 1.96 bits per heavy atom. The van der Waals surface area contributed by atoms with Crippen LogP contribution in [0.3, 0.4) is 0 Å². The van der Waals surface area contributed by atoms with Crippen molar-refractivity contribution in [3.05, 3.63) is 35.2 Å². The molecule has 3 aromatic heterocycles. The fourth-order valence-corrected chi connectivity index (χ4v) is 4.18. The third-order valence-electron chi connectivity index (χ3n) is 4.36. The molecule has 0 spiro atoms. The van der Waals surface area contributed by atoms with Crippen molar-refractivity contribution in [2.75, 3.05) is 31.1 Å². The molecule has 26 heavy (non-hydrogen) atoms. The Morgan fingerprint density at radius 1 is 1.15 bits per heavy atom. The normalized spacial score (nSPS) is 16.5. The molecule has 0 amide bonds. The number of hydrogen-bond acceptors (Lipinski definition) is 6. The third kappa shape index (κ3) is 3.80. The van der Waals surface area contributed by atoms with Crippen molar-refractivity contribution in [2.24, 2.45) is 0 Å². The van der Waals surface area contributed by atoms with Gasteiger partial charge in [-0.25, -0.2) is 9.97 Å². The molecule has 0 aromatic carbocycles. The molecule has 1 fully saturated rings. The molecular weight excluding hydrogens is 365 g/mol. The van der Waals surface area contributed by atoms with Gasteiger partial charge in [0, 0.05) is 49.5 Å². The molecule has 1 aliphatic rings. The minimum absolute atomic E-state index is 0.270. The van der Waals surface area contributed by atoms with E-state index in [-0.39, 0.29) is 4.88 Å². The summed E-state index contributed by atoms with van der Waals surface area (Å²) >= 11 is 1.09. The Kier molecular flexibility index (Phi) is 4.53. The molecule has 10 heteroatoms. The van der Waals surface area contributed by atoms with Crippen molar-refractivity contribution in [3.63, 3.8) is 0 Å². The lowest BCUT2D eigenvalue weighted by molar-refractivity contribution is -0.126. The van der Waals surface area contributed by atoms with Gasteiger partial charge in [-0.1, -0.05) is 0 Å². The second kappa shape index (κ2) is 6.84. The average molecular weight is 382 g/mol. The van der Waals surface area contributed by atoms with Crippen molar-refractivity contribution >= 4 is 27.4 Å². The maximum atomic E-state index is 12.7. The minimum Gasteiger partial charge on any atom is -0.353 e. The van der Waals surface area contributed by atoms with Crippen LogP contribution in [0.5, 0.6) is 0 Å². The van der Waals surface area contributed by atoms with E-state index in [1.807, 2.05) is 6.07 Å². The molecule has 6 nitrogen and oxygen atoms in total. The quantitative estimate of drug-likeness (QED) is 0.752. The smallest absolute Gasteiger partial charge is 0.353 e. The first-order valence-electron chi connectivity index (χ1n) is 8.24. The Labute approximate surface area is 151 Å². The summed E-state index contributed by atoms with van der Waals surface area (Å²) in [6.45, 7) is 4.05. The second-order valence-electron chi connectivity index (χ2n) is 6.27. The van der Waals surface area contributed by atoms with Gasteiger partial charge in [0.25, 0.3) is 0 Å². The monoisotopic (exact) mass is 382 g/mol. The maximum absolute atomic E-state index is 12.7. The number of fused-ring (bicyclic) bond motifs is 1. The van der Waals surface area contributed by atoms with Crippen LogP contribution >= 0.6 is 11.3 Å². The largest absolute Gasteiger partial charge is 0.393 e. The zero-order valence-electron chi connectivity index (χ0n) is 13.8. The lowest BCUT2D eigenvalue weighted by Crippen LogP contribution is -2.46. The number of piperazine rings is 1. The summed E-state index contributed by atoms with van der Waals surface area (Å²) in [4.78, 5) is 13.8. The number of H-pyrrole nitrogens is 1. The minimum atomic E-state index is -4.22. The molecule has 0 aliphatic carbocycles. The SMILES string of the molecule is FC(F)(F)Cc1cc2c(N3CCN(Cc4ccn[nH]4)CC3)ncnc2s1. The highest BCUT2D eigenvalue weighted by Gasteiger charge is 2.29. The summed E-state index contributed by atoms with van der Waals surface area (Å²) in [7, 11) is 0. The number of aromatic amines is 1. The number of thiophene rings is 1. The predicted molar refractivity (Wildman–Crippen MR) is 93.3 cm³/mol. The van der Waals surface area contributed by atoms with Crippen LogP contribution in [0.1, 0.15) is 10.6 Å². The number of nitrogens with one attached hydrogen (secondary N) is 1. The standard InChI is InChI=1S/C16H17F3N6S/c17-16(18,19)8-12-7-13-14(20-10-21-15(13)26-12)25-5-3-24(4-6-25)9-11-1-2-22-23-11/h1-2,7,10H,3-6,8-9H2,(H,22,23). The molecule has 4 rings (SSSR count). The van der Waals surface area contributed by atoms with E-state index in [1.54, 1.807) is 12.3 Å². The molecule has 0 radical (unpaired) electrons. The number of rotatable bonds is 4. The van der Waals surface area contributed by atoms with Crippen LogP contribution < -0.4 is 4.90 Å². The molecular formula is C16H17F3N6S. The van der Waals surface area contributed by atoms with Gasteiger partial charge in [-0.3, -0.25) is 10.00 Å². The Bertz CT molecular complexity index is 868. The summed E-state index contributed by atoms with van der Waals surface area (Å²) in [5.41, 5.74) is 1.07. The Morgan fingerprint density at radius 3 is 2.65 bits per heavy atom. The molecule has 0 saturated carbocycles. The molecule has 0 bridgehead atoms. The summed E-state index contributed by atoms with van der Waals surface area (Å²) in [6.07, 6.45) is -1.97. The van der Waals surface area contributed by atoms with Gasteiger partial charge in [-0.15, -0.1) is 11.3 Å². The van der Waals surface area contributed by atoms with Gasteiger partial charge >= 0.3 is 6.18 Å². The molecule has 0 atom stereocenters. The van der Waals surface area contributed by atoms with Crippen LogP contribution in [-0.2, 0) is 13.0 Å². The fourth-order valence-electron chi connectivity index (χ4n) is 3.16. The fraction of sp³-hybridized carbons (Fsp3) is 0.438. The first kappa shape index (κ1) is 17.2. The lowest BCUT2D eigenvalue weighted by Gasteiger charge is -2.35. The molecule has 4 heterocycles. The third-order valence-corrected chi connectivity index (χ3v) is 5.40. The van der Waals surface area contributed by atoms with Crippen molar-refractivity contribution in [2.45, 2.75) is 19.1 Å². The average Bonchev–Trinajstić information content (AvgIpc) is 3.22. The zero-order chi connectivity index (χ0) is 18.1. The van der Waals surface area contributed by atoms with E-state index in [1.165, 1.54) is 6.33 Å². The number of halogens is 3. The molecule has 3 aromatic rings. The van der Waals surface area contributed by atoms with E-state index in [0.717, 1.165) is 55.6 Å². The second-order valence-corrected chi connectivity index (χ2v) is 7.38. The van der Waals surface area contributed by atoms with E-state index >= 15 is 0 Å². The van der Waals surface area contributed by atoms with E-state index < -0.39 is 12.6 Å². The lowest BCUT2D eigenvalue weighted by atomic mass is 10.2. The van der Waals surface area contributed by atoms with Crippen LogP contribution in [0, 0.1) is 0 Å². The number of alkyl halides is 3. The summed E-state index contributed by atoms with van der Waals surface area (Å²) < 4.78 is 38.0. The van der Waals surface area contributed by atoms with Crippen LogP contribution in [0.2, 0.25) is 0 Å². The van der Waals surface area contributed by atoms with E-state index in [0.29, 0.717) is 10.2 Å². The van der Waals surface area contributed by atoms with E-state index in [2.05, 4.69) is 30.0 Å². The molecule has 1 N–H and O–H groups in total. The van der Waals surface area contributed by atoms with Gasteiger partial charge in [0.15, 0.2) is 0 Å². The highest BCUT2D eigenvalue weighted by Crippen LogP contribution is 2.34. The topological polar surface area (TPSA) is 60.9 Å². The first-order valence-corrected chi connectivity index (χ1v) is 9.05. The highest BCUT2D eigenvalue weighted by atomic mass is 32.1. The molecule has 138 valence electrons. The van der Waals surface area contributed by atoms with Gasteiger partial charge in [-0.2, -0.15) is 18.3 Å². The van der Waals surface area contributed by atoms with Crippen molar-refractivity contribution < 1.29 is 13.2 Å².